The first-order valence-corrected chi connectivity index (χ1v) is 11.3. The third kappa shape index (κ3) is 5.42. The number of nitrogens with zero attached hydrogens (tertiary/aromatic N) is 3. The molecule has 0 saturated heterocycles. The van der Waals surface area contributed by atoms with Crippen LogP contribution in [0.25, 0.3) is 16.6 Å². The smallest absolute Gasteiger partial charge is 0.266 e. The second kappa shape index (κ2) is 10.3. The van der Waals surface area contributed by atoms with Crippen LogP contribution in [0, 0.1) is 0 Å². The maximum Gasteiger partial charge on any atom is 0.266 e. The average molecular weight is 479 g/mol. The van der Waals surface area contributed by atoms with E-state index < -0.39 is 0 Å². The fourth-order valence-corrected chi connectivity index (χ4v) is 4.02. The van der Waals surface area contributed by atoms with Gasteiger partial charge in [0.05, 0.1) is 35.7 Å². The van der Waals surface area contributed by atoms with Crippen molar-refractivity contribution in [1.29, 1.82) is 0 Å². The molecule has 0 radical (unpaired) electrons. The lowest BCUT2D eigenvalue weighted by molar-refractivity contribution is -0.118. The summed E-state index contributed by atoms with van der Waals surface area (Å²) in [4.78, 5) is 30.2. The first kappa shape index (κ1) is 22.6. The summed E-state index contributed by atoms with van der Waals surface area (Å²) < 4.78 is 6.65. The van der Waals surface area contributed by atoms with Crippen molar-refractivity contribution < 1.29 is 9.53 Å². The monoisotopic (exact) mass is 478 g/mol. The minimum Gasteiger partial charge on any atom is -0.497 e. The molecule has 0 spiro atoms. The number of ether oxygens (including phenoxy) is 1. The molecule has 0 bridgehead atoms. The van der Waals surface area contributed by atoms with Crippen molar-refractivity contribution in [2.24, 2.45) is 5.10 Å². The lowest BCUT2D eigenvalue weighted by Crippen LogP contribution is -2.24. The van der Waals surface area contributed by atoms with Gasteiger partial charge >= 0.3 is 0 Å². The Balaban J connectivity index is 1.54. The molecule has 1 N–H and O–H groups in total. The highest BCUT2D eigenvalue weighted by Gasteiger charge is 2.14. The third-order valence-electron chi connectivity index (χ3n) is 4.66. The lowest BCUT2D eigenvalue weighted by Gasteiger charge is -2.13. The minimum atomic E-state index is -0.329. The van der Waals surface area contributed by atoms with E-state index in [0.717, 1.165) is 17.3 Å². The van der Waals surface area contributed by atoms with Crippen LogP contribution in [0.4, 0.5) is 0 Å². The van der Waals surface area contributed by atoms with Crippen LogP contribution >= 0.6 is 23.4 Å². The second-order valence-electron chi connectivity index (χ2n) is 6.89. The Hall–Kier alpha value is -3.62. The highest BCUT2D eigenvalue weighted by atomic mass is 35.5. The lowest BCUT2D eigenvalue weighted by atomic mass is 10.2. The first-order chi connectivity index (χ1) is 16.0. The Morgan fingerprint density at radius 2 is 1.94 bits per heavy atom. The molecule has 166 valence electrons. The summed E-state index contributed by atoms with van der Waals surface area (Å²) in [5, 5.41) is 5.43. The van der Waals surface area contributed by atoms with E-state index in [0.29, 0.717) is 32.5 Å². The molecule has 0 aliphatic carbocycles. The van der Waals surface area contributed by atoms with E-state index in [1.165, 1.54) is 10.8 Å². The van der Waals surface area contributed by atoms with Crippen LogP contribution in [-0.4, -0.2) is 34.5 Å². The number of rotatable bonds is 7. The van der Waals surface area contributed by atoms with Crippen molar-refractivity contribution in [3.63, 3.8) is 0 Å². The number of aromatic nitrogens is 2. The molecule has 0 saturated carbocycles. The maximum absolute atomic E-state index is 13.2. The third-order valence-corrected chi connectivity index (χ3v) is 5.85. The number of halogens is 1. The van der Waals surface area contributed by atoms with Crippen LogP contribution < -0.4 is 15.7 Å². The van der Waals surface area contributed by atoms with Crippen LogP contribution in [-0.2, 0) is 4.79 Å². The molecule has 3 aromatic carbocycles. The van der Waals surface area contributed by atoms with E-state index in [2.05, 4.69) is 15.5 Å². The normalized spacial score (nSPS) is 11.1. The van der Waals surface area contributed by atoms with Crippen molar-refractivity contribution in [3.8, 4) is 11.4 Å². The average Bonchev–Trinajstić information content (AvgIpc) is 2.84. The molecule has 1 heterocycles. The molecule has 0 aliphatic heterocycles. The number of thioether (sulfide) groups is 1. The maximum atomic E-state index is 13.2. The molecule has 0 unspecified atom stereocenters. The Kier molecular flexibility index (Phi) is 7.07. The summed E-state index contributed by atoms with van der Waals surface area (Å²) >= 11 is 7.15. The molecule has 0 atom stereocenters. The molecule has 4 rings (SSSR count). The molecule has 0 aliphatic rings. The van der Waals surface area contributed by atoms with Crippen molar-refractivity contribution in [2.45, 2.75) is 5.16 Å². The van der Waals surface area contributed by atoms with E-state index in [9.17, 15) is 9.59 Å². The number of hydrogen-bond donors (Lipinski definition) is 1. The predicted octanol–water partition coefficient (Wildman–Crippen LogP) is 4.29. The quantitative estimate of drug-likeness (QED) is 0.185. The zero-order valence-electron chi connectivity index (χ0n) is 17.6. The predicted molar refractivity (Wildman–Crippen MR) is 132 cm³/mol. The van der Waals surface area contributed by atoms with E-state index in [1.54, 1.807) is 55.6 Å². The number of methoxy groups -OCH3 is 1. The van der Waals surface area contributed by atoms with Gasteiger partial charge in [-0.1, -0.05) is 47.6 Å². The molecule has 33 heavy (non-hydrogen) atoms. The fourth-order valence-electron chi connectivity index (χ4n) is 3.09. The van der Waals surface area contributed by atoms with Crippen molar-refractivity contribution in [3.05, 3.63) is 93.7 Å². The minimum absolute atomic E-state index is 0.0216. The van der Waals surface area contributed by atoms with E-state index in [4.69, 9.17) is 16.3 Å². The number of nitrogens with one attached hydrogen (secondary N) is 1. The van der Waals surface area contributed by atoms with Gasteiger partial charge < -0.3 is 4.74 Å². The van der Waals surface area contributed by atoms with Crippen molar-refractivity contribution in [1.82, 2.24) is 15.0 Å². The number of para-hydroxylation sites is 1. The van der Waals surface area contributed by atoms with Gasteiger partial charge in [-0.25, -0.2) is 10.4 Å². The van der Waals surface area contributed by atoms with Gasteiger partial charge in [0.1, 0.15) is 5.75 Å². The Morgan fingerprint density at radius 3 is 2.73 bits per heavy atom. The molecule has 1 aromatic heterocycles. The Bertz CT molecular complexity index is 1390. The number of carbonyl (C=O) groups is 1. The SMILES string of the molecule is COc1cccc(/C=N\NC(=O)CSc2nc3ccccc3c(=O)n2-c2ccc(Cl)cc2)c1. The standard InChI is InChI=1S/C24H19ClN4O3S/c1-32-19-6-4-5-16(13-19)14-26-28-22(30)15-33-24-27-21-8-3-2-7-20(21)23(31)29(24)18-11-9-17(25)10-12-18/h2-14H,15H2,1H3,(H,28,30)/b26-14-. The van der Waals surface area contributed by atoms with Crippen LogP contribution in [0.3, 0.4) is 0 Å². The van der Waals surface area contributed by atoms with Crippen molar-refractivity contribution in [2.75, 3.05) is 12.9 Å². The van der Waals surface area contributed by atoms with Gasteiger partial charge in [0.25, 0.3) is 11.5 Å². The highest BCUT2D eigenvalue weighted by molar-refractivity contribution is 7.99. The Labute approximate surface area is 199 Å². The zero-order valence-corrected chi connectivity index (χ0v) is 19.1. The largest absolute Gasteiger partial charge is 0.497 e. The molecule has 0 fully saturated rings. The van der Waals surface area contributed by atoms with E-state index in [-0.39, 0.29) is 17.2 Å². The van der Waals surface area contributed by atoms with Gasteiger partial charge in [-0.3, -0.25) is 14.2 Å². The fraction of sp³-hybridized carbons (Fsp3) is 0.0833. The van der Waals surface area contributed by atoms with Crippen LogP contribution in [0.15, 0.2) is 87.8 Å². The molecular formula is C24H19ClN4O3S. The summed E-state index contributed by atoms with van der Waals surface area (Å²) in [7, 11) is 1.58. The molecule has 1 amide bonds. The molecular weight excluding hydrogens is 460 g/mol. The van der Waals surface area contributed by atoms with Crippen molar-refractivity contribution >= 4 is 46.4 Å². The summed E-state index contributed by atoms with van der Waals surface area (Å²) in [6.07, 6.45) is 1.53. The second-order valence-corrected chi connectivity index (χ2v) is 8.27. The van der Waals surface area contributed by atoms with Gasteiger partial charge in [0.2, 0.25) is 0 Å². The van der Waals surface area contributed by atoms with Crippen LogP contribution in [0.1, 0.15) is 5.56 Å². The van der Waals surface area contributed by atoms with Gasteiger partial charge in [0.15, 0.2) is 5.16 Å². The van der Waals surface area contributed by atoms with E-state index >= 15 is 0 Å². The van der Waals surface area contributed by atoms with Gasteiger partial charge in [-0.15, -0.1) is 0 Å². The van der Waals surface area contributed by atoms with Gasteiger partial charge in [-0.2, -0.15) is 5.10 Å². The van der Waals surface area contributed by atoms with Gasteiger partial charge in [0, 0.05) is 5.02 Å². The molecule has 9 heteroatoms. The Morgan fingerprint density at radius 1 is 1.15 bits per heavy atom. The highest BCUT2D eigenvalue weighted by Crippen LogP contribution is 2.22. The number of fused-ring (bicyclic) bond motifs is 1. The molecule has 7 nitrogen and oxygen atoms in total. The summed E-state index contributed by atoms with van der Waals surface area (Å²) in [6.45, 7) is 0. The zero-order chi connectivity index (χ0) is 23.2. The number of hydrogen-bond acceptors (Lipinski definition) is 6. The topological polar surface area (TPSA) is 85.6 Å². The summed E-state index contributed by atoms with van der Waals surface area (Å²) in [5.74, 6) is 0.390. The number of benzene rings is 3. The number of carbonyl (C=O) groups excluding carboxylic acids is 1. The summed E-state index contributed by atoms with van der Waals surface area (Å²) in [6, 6.07) is 21.3. The van der Waals surface area contributed by atoms with E-state index in [1.807, 2.05) is 24.3 Å². The number of amides is 1. The summed E-state index contributed by atoms with van der Waals surface area (Å²) in [5.41, 5.74) is 4.23. The first-order valence-electron chi connectivity index (χ1n) is 9.91. The van der Waals surface area contributed by atoms with Crippen LogP contribution in [0.2, 0.25) is 5.02 Å². The van der Waals surface area contributed by atoms with Gasteiger partial charge in [-0.05, 0) is 54.1 Å². The molecule has 4 aromatic rings. The van der Waals surface area contributed by atoms with Crippen LogP contribution in [0.5, 0.6) is 5.75 Å². The number of hydrazone groups is 1.